The zero-order valence-electron chi connectivity index (χ0n) is 5.95. The SMILES string of the molecule is N#Cc1cccc(CON)c1. The highest BCUT2D eigenvalue weighted by molar-refractivity contribution is 5.32. The summed E-state index contributed by atoms with van der Waals surface area (Å²) in [5.41, 5.74) is 1.53. The van der Waals surface area contributed by atoms with Gasteiger partial charge in [0.2, 0.25) is 0 Å². The van der Waals surface area contributed by atoms with E-state index in [9.17, 15) is 0 Å². The first kappa shape index (κ1) is 7.73. The van der Waals surface area contributed by atoms with Crippen molar-refractivity contribution in [1.82, 2.24) is 0 Å². The van der Waals surface area contributed by atoms with E-state index in [2.05, 4.69) is 4.84 Å². The molecule has 0 radical (unpaired) electrons. The second-order valence-corrected chi connectivity index (χ2v) is 2.12. The summed E-state index contributed by atoms with van der Waals surface area (Å²) in [6.07, 6.45) is 0. The summed E-state index contributed by atoms with van der Waals surface area (Å²) in [5, 5.41) is 8.51. The van der Waals surface area contributed by atoms with Crippen molar-refractivity contribution in [2.75, 3.05) is 0 Å². The predicted octanol–water partition coefficient (Wildman–Crippen LogP) is 0.949. The lowest BCUT2D eigenvalue weighted by Gasteiger charge is -1.97. The molecular weight excluding hydrogens is 140 g/mol. The van der Waals surface area contributed by atoms with Gasteiger partial charge < -0.3 is 0 Å². The van der Waals surface area contributed by atoms with Gasteiger partial charge in [-0.3, -0.25) is 4.84 Å². The van der Waals surface area contributed by atoms with Crippen LogP contribution in [-0.4, -0.2) is 0 Å². The molecule has 1 aromatic rings. The van der Waals surface area contributed by atoms with Crippen molar-refractivity contribution < 1.29 is 4.84 Å². The minimum atomic E-state index is 0.343. The molecule has 0 amide bonds. The Labute approximate surface area is 65.0 Å². The Hall–Kier alpha value is -1.37. The summed E-state index contributed by atoms with van der Waals surface area (Å²) in [4.78, 5) is 4.42. The zero-order valence-corrected chi connectivity index (χ0v) is 5.95. The lowest BCUT2D eigenvalue weighted by molar-refractivity contribution is 0.124. The first-order valence-electron chi connectivity index (χ1n) is 3.17. The van der Waals surface area contributed by atoms with E-state index in [0.717, 1.165) is 5.56 Å². The molecule has 3 nitrogen and oxygen atoms in total. The number of benzene rings is 1. The largest absolute Gasteiger partial charge is 0.300 e. The smallest absolute Gasteiger partial charge is 0.0991 e. The van der Waals surface area contributed by atoms with E-state index in [1.54, 1.807) is 18.2 Å². The van der Waals surface area contributed by atoms with Crippen LogP contribution in [0.25, 0.3) is 0 Å². The topological polar surface area (TPSA) is 59.0 Å². The molecule has 3 heteroatoms. The second-order valence-electron chi connectivity index (χ2n) is 2.12. The van der Waals surface area contributed by atoms with E-state index < -0.39 is 0 Å². The van der Waals surface area contributed by atoms with Crippen LogP contribution in [0.5, 0.6) is 0 Å². The number of rotatable bonds is 2. The minimum absolute atomic E-state index is 0.343. The molecule has 0 unspecified atom stereocenters. The molecule has 0 bridgehead atoms. The molecule has 0 aliphatic heterocycles. The molecule has 0 aliphatic carbocycles. The van der Waals surface area contributed by atoms with Crippen LogP contribution in [-0.2, 0) is 11.4 Å². The number of hydrogen-bond donors (Lipinski definition) is 1. The Morgan fingerprint density at radius 2 is 2.36 bits per heavy atom. The zero-order chi connectivity index (χ0) is 8.10. The van der Waals surface area contributed by atoms with Gasteiger partial charge in [-0.1, -0.05) is 12.1 Å². The third-order valence-corrected chi connectivity index (χ3v) is 1.31. The van der Waals surface area contributed by atoms with E-state index in [-0.39, 0.29) is 0 Å². The maximum absolute atomic E-state index is 8.51. The van der Waals surface area contributed by atoms with Gasteiger partial charge in [-0.15, -0.1) is 0 Å². The normalized spacial score (nSPS) is 9.09. The van der Waals surface area contributed by atoms with Crippen LogP contribution >= 0.6 is 0 Å². The van der Waals surface area contributed by atoms with Crippen molar-refractivity contribution in [1.29, 1.82) is 5.26 Å². The molecule has 0 fully saturated rings. The van der Waals surface area contributed by atoms with Crippen LogP contribution in [0.15, 0.2) is 24.3 Å². The van der Waals surface area contributed by atoms with Crippen LogP contribution in [0.1, 0.15) is 11.1 Å². The lowest BCUT2D eigenvalue weighted by Crippen LogP contribution is -1.98. The molecule has 1 aromatic carbocycles. The summed E-state index contributed by atoms with van der Waals surface area (Å²) in [6, 6.07) is 9.16. The summed E-state index contributed by atoms with van der Waals surface area (Å²) in [6.45, 7) is 0.343. The summed E-state index contributed by atoms with van der Waals surface area (Å²) in [5.74, 6) is 4.87. The number of hydrogen-bond acceptors (Lipinski definition) is 3. The molecule has 0 heterocycles. The minimum Gasteiger partial charge on any atom is -0.300 e. The maximum atomic E-state index is 8.51. The number of nitrogens with two attached hydrogens (primary N) is 1. The van der Waals surface area contributed by atoms with Gasteiger partial charge in [0.05, 0.1) is 18.2 Å². The Balaban J connectivity index is 2.85. The highest BCUT2D eigenvalue weighted by Gasteiger charge is 1.92. The first-order chi connectivity index (χ1) is 5.36. The quantitative estimate of drug-likeness (QED) is 0.635. The van der Waals surface area contributed by atoms with Crippen LogP contribution < -0.4 is 5.90 Å². The molecule has 0 aliphatic rings. The van der Waals surface area contributed by atoms with E-state index in [1.807, 2.05) is 12.1 Å². The molecule has 0 aromatic heterocycles. The third kappa shape index (κ3) is 2.04. The van der Waals surface area contributed by atoms with Crippen molar-refractivity contribution in [3.05, 3.63) is 35.4 Å². The van der Waals surface area contributed by atoms with Gasteiger partial charge in [0.1, 0.15) is 0 Å². The molecule has 56 valence electrons. The Morgan fingerprint density at radius 3 is 3.00 bits per heavy atom. The van der Waals surface area contributed by atoms with E-state index >= 15 is 0 Å². The van der Waals surface area contributed by atoms with Crippen LogP contribution in [0.4, 0.5) is 0 Å². The van der Waals surface area contributed by atoms with Crippen LogP contribution in [0.3, 0.4) is 0 Å². The number of nitriles is 1. The van der Waals surface area contributed by atoms with Gasteiger partial charge in [0, 0.05) is 0 Å². The molecule has 0 atom stereocenters. The lowest BCUT2D eigenvalue weighted by atomic mass is 10.1. The van der Waals surface area contributed by atoms with Gasteiger partial charge >= 0.3 is 0 Å². The summed E-state index contributed by atoms with van der Waals surface area (Å²) >= 11 is 0. The average Bonchev–Trinajstić information content (AvgIpc) is 2.06. The van der Waals surface area contributed by atoms with Gasteiger partial charge in [0.15, 0.2) is 0 Å². The Bertz CT molecular complexity index is 278. The second kappa shape index (κ2) is 3.71. The Kier molecular flexibility index (Phi) is 2.61. The molecule has 1 rings (SSSR count). The van der Waals surface area contributed by atoms with Crippen molar-refractivity contribution in [2.24, 2.45) is 5.90 Å². The van der Waals surface area contributed by atoms with Gasteiger partial charge in [0.25, 0.3) is 0 Å². The first-order valence-corrected chi connectivity index (χ1v) is 3.17. The summed E-state index contributed by atoms with van der Waals surface area (Å²) < 4.78 is 0. The molecule has 0 saturated carbocycles. The van der Waals surface area contributed by atoms with E-state index in [4.69, 9.17) is 11.2 Å². The van der Waals surface area contributed by atoms with Crippen molar-refractivity contribution >= 4 is 0 Å². The monoisotopic (exact) mass is 148 g/mol. The highest BCUT2D eigenvalue weighted by Crippen LogP contribution is 2.03. The molecule has 11 heavy (non-hydrogen) atoms. The fraction of sp³-hybridized carbons (Fsp3) is 0.125. The standard InChI is InChI=1S/C8H8N2O/c9-5-7-2-1-3-8(4-7)6-11-10/h1-4H,6,10H2. The van der Waals surface area contributed by atoms with Crippen LogP contribution in [0, 0.1) is 11.3 Å². The predicted molar refractivity (Wildman–Crippen MR) is 40.1 cm³/mol. The maximum Gasteiger partial charge on any atom is 0.0991 e. The molecule has 0 saturated heterocycles. The highest BCUT2D eigenvalue weighted by atomic mass is 16.6. The van der Waals surface area contributed by atoms with Gasteiger partial charge in [-0.25, -0.2) is 5.90 Å². The fourth-order valence-corrected chi connectivity index (χ4v) is 0.827. The number of nitrogens with zero attached hydrogens (tertiary/aromatic N) is 1. The molecule has 0 spiro atoms. The van der Waals surface area contributed by atoms with Crippen molar-refractivity contribution in [3.63, 3.8) is 0 Å². The average molecular weight is 148 g/mol. The molecular formula is C8H8N2O. The van der Waals surface area contributed by atoms with E-state index in [1.165, 1.54) is 0 Å². The Morgan fingerprint density at radius 1 is 1.55 bits per heavy atom. The van der Waals surface area contributed by atoms with Gasteiger partial charge in [-0.2, -0.15) is 5.26 Å². The fourth-order valence-electron chi connectivity index (χ4n) is 0.827. The van der Waals surface area contributed by atoms with Gasteiger partial charge in [-0.05, 0) is 17.7 Å². The third-order valence-electron chi connectivity index (χ3n) is 1.31. The van der Waals surface area contributed by atoms with Crippen molar-refractivity contribution in [2.45, 2.75) is 6.61 Å². The summed E-state index contributed by atoms with van der Waals surface area (Å²) in [7, 11) is 0. The van der Waals surface area contributed by atoms with E-state index in [0.29, 0.717) is 12.2 Å². The molecule has 2 N–H and O–H groups in total. The van der Waals surface area contributed by atoms with Crippen molar-refractivity contribution in [3.8, 4) is 6.07 Å². The van der Waals surface area contributed by atoms with Crippen LogP contribution in [0.2, 0.25) is 0 Å².